The molecule has 2 heterocycles. The van der Waals surface area contributed by atoms with E-state index in [1.54, 1.807) is 6.07 Å². The van der Waals surface area contributed by atoms with Crippen LogP contribution < -0.4 is 15.9 Å². The predicted octanol–water partition coefficient (Wildman–Crippen LogP) is 4.25. The number of hydrogen-bond donors (Lipinski definition) is 1. The van der Waals surface area contributed by atoms with Crippen molar-refractivity contribution >= 4 is 11.6 Å². The van der Waals surface area contributed by atoms with Gasteiger partial charge >= 0.3 is 6.18 Å². The van der Waals surface area contributed by atoms with Gasteiger partial charge < -0.3 is 9.30 Å². The van der Waals surface area contributed by atoms with Crippen molar-refractivity contribution < 1.29 is 26.7 Å². The Morgan fingerprint density at radius 1 is 1.22 bits per heavy atom. The lowest BCUT2D eigenvalue weighted by atomic mass is 10.2. The highest BCUT2D eigenvalue weighted by molar-refractivity contribution is 6.30. The summed E-state index contributed by atoms with van der Waals surface area (Å²) >= 11 is 5.82. The van der Waals surface area contributed by atoms with Gasteiger partial charge in [-0.15, -0.1) is 0 Å². The summed E-state index contributed by atoms with van der Waals surface area (Å²) in [5.74, 6) is -1.46. The first-order valence-corrected chi connectivity index (χ1v) is 8.93. The van der Waals surface area contributed by atoms with Gasteiger partial charge in [-0.05, 0) is 30.3 Å². The number of hydrogen-bond acceptors (Lipinski definition) is 5. The lowest BCUT2D eigenvalue weighted by Gasteiger charge is -2.16. The second kappa shape index (κ2) is 8.80. The van der Waals surface area contributed by atoms with Crippen LogP contribution in [0.25, 0.3) is 0 Å². The number of nitrogens with zero attached hydrogens (tertiary/aromatic N) is 3. The molecule has 0 spiro atoms. The first-order valence-electron chi connectivity index (χ1n) is 8.55. The third kappa shape index (κ3) is 4.94. The number of halogens is 6. The highest BCUT2D eigenvalue weighted by Crippen LogP contribution is 2.36. The normalized spacial score (nSPS) is 11.4. The molecular weight excluding hydrogens is 463 g/mol. The number of aromatic amines is 1. The van der Waals surface area contributed by atoms with E-state index >= 15 is 0 Å². The predicted molar refractivity (Wildman–Crippen MR) is 101 cm³/mol. The lowest BCUT2D eigenvalue weighted by molar-refractivity contribution is -0.138. The quantitative estimate of drug-likeness (QED) is 0.559. The molecule has 3 rings (SSSR count). The molecule has 0 radical (unpaired) electrons. The molecule has 0 aliphatic carbocycles. The second-order valence-corrected chi connectivity index (χ2v) is 6.76. The van der Waals surface area contributed by atoms with Gasteiger partial charge in [0.15, 0.2) is 0 Å². The first kappa shape index (κ1) is 23.0. The largest absolute Gasteiger partial charge is 0.451 e. The molecule has 0 aliphatic heterocycles. The van der Waals surface area contributed by atoms with Gasteiger partial charge in [0, 0.05) is 16.8 Å². The summed E-state index contributed by atoms with van der Waals surface area (Å²) in [6.45, 7) is -0.635. The molecule has 2 aromatic heterocycles. The molecular formula is C19H10ClF5N4O3. The van der Waals surface area contributed by atoms with Crippen molar-refractivity contribution in [3.8, 4) is 17.6 Å². The van der Waals surface area contributed by atoms with Crippen molar-refractivity contribution in [2.45, 2.75) is 19.1 Å². The summed E-state index contributed by atoms with van der Waals surface area (Å²) < 4.78 is 71.9. The Bertz CT molecular complexity index is 1330. The molecule has 0 fully saturated rings. The number of benzene rings is 1. The number of nitrogens with one attached hydrogen (secondary N) is 1. The van der Waals surface area contributed by atoms with Crippen molar-refractivity contribution in [2.24, 2.45) is 0 Å². The SMILES string of the molecule is N#Cc1cc(Cl)cc(Oc2c(C(F)(F)F)ccn(Cc3cc(C(F)F)n[nH]c3=O)c2=O)c1. The molecule has 1 aromatic carbocycles. The Labute approximate surface area is 180 Å². The number of alkyl halides is 5. The van der Waals surface area contributed by atoms with Crippen LogP contribution in [0.1, 0.15) is 28.8 Å². The van der Waals surface area contributed by atoms with E-state index in [0.29, 0.717) is 10.6 Å². The number of aromatic nitrogens is 3. The van der Waals surface area contributed by atoms with E-state index in [1.807, 2.05) is 5.10 Å². The third-order valence-electron chi connectivity index (χ3n) is 4.11. The fourth-order valence-corrected chi connectivity index (χ4v) is 2.91. The van der Waals surface area contributed by atoms with Gasteiger partial charge in [-0.3, -0.25) is 9.59 Å². The molecule has 3 aromatic rings. The van der Waals surface area contributed by atoms with Crippen molar-refractivity contribution in [1.29, 1.82) is 5.26 Å². The summed E-state index contributed by atoms with van der Waals surface area (Å²) in [5, 5.41) is 14.0. The maximum Gasteiger partial charge on any atom is 0.420 e. The van der Waals surface area contributed by atoms with E-state index in [1.165, 1.54) is 6.07 Å². The summed E-state index contributed by atoms with van der Waals surface area (Å²) in [6, 6.07) is 6.43. The van der Waals surface area contributed by atoms with Crippen LogP contribution in [0, 0.1) is 11.3 Å². The van der Waals surface area contributed by atoms with Crippen molar-refractivity contribution in [3.63, 3.8) is 0 Å². The second-order valence-electron chi connectivity index (χ2n) is 6.33. The molecule has 0 unspecified atom stereocenters. The standard InChI is InChI=1S/C19H10ClF5N4O3/c20-11-3-9(7-26)4-12(6-11)32-15-13(19(23,24)25)1-2-29(18(15)31)8-10-5-14(16(21)22)27-28-17(10)30/h1-6,16H,8H2,(H,28,30). The summed E-state index contributed by atoms with van der Waals surface area (Å²) in [4.78, 5) is 24.7. The van der Waals surface area contributed by atoms with E-state index in [0.717, 1.165) is 24.4 Å². The molecule has 32 heavy (non-hydrogen) atoms. The fourth-order valence-electron chi connectivity index (χ4n) is 2.68. The average molecular weight is 473 g/mol. The van der Waals surface area contributed by atoms with Gasteiger partial charge in [0.2, 0.25) is 5.75 Å². The Hall–Kier alpha value is -3.72. The van der Waals surface area contributed by atoms with Crippen molar-refractivity contribution in [3.05, 3.63) is 84.6 Å². The Morgan fingerprint density at radius 3 is 2.56 bits per heavy atom. The van der Waals surface area contributed by atoms with Crippen LogP contribution in [-0.2, 0) is 12.7 Å². The van der Waals surface area contributed by atoms with Crippen LogP contribution in [-0.4, -0.2) is 14.8 Å². The maximum absolute atomic E-state index is 13.5. The maximum atomic E-state index is 13.5. The van der Waals surface area contributed by atoms with Crippen molar-refractivity contribution in [1.82, 2.24) is 14.8 Å². The summed E-state index contributed by atoms with van der Waals surface area (Å²) in [7, 11) is 0. The molecule has 166 valence electrons. The van der Waals surface area contributed by atoms with Crippen LogP contribution in [0.3, 0.4) is 0 Å². The van der Waals surface area contributed by atoms with Crippen LogP contribution in [0.15, 0.2) is 46.1 Å². The van der Waals surface area contributed by atoms with Gasteiger partial charge in [-0.1, -0.05) is 11.6 Å². The molecule has 0 saturated carbocycles. The molecule has 13 heteroatoms. The van der Waals surface area contributed by atoms with Gasteiger partial charge in [0.1, 0.15) is 17.0 Å². The number of H-pyrrole nitrogens is 1. The molecule has 7 nitrogen and oxygen atoms in total. The van der Waals surface area contributed by atoms with Crippen LogP contribution in [0.4, 0.5) is 22.0 Å². The van der Waals surface area contributed by atoms with Gasteiger partial charge in [-0.25, -0.2) is 13.9 Å². The molecule has 0 amide bonds. The number of ether oxygens (including phenoxy) is 1. The number of pyridine rings is 1. The summed E-state index contributed by atoms with van der Waals surface area (Å²) in [5.41, 5.74) is -4.77. The topological polar surface area (TPSA) is 101 Å². The van der Waals surface area contributed by atoms with E-state index in [9.17, 15) is 31.5 Å². The minimum Gasteiger partial charge on any atom is -0.451 e. The molecule has 0 aliphatic rings. The van der Waals surface area contributed by atoms with Crippen LogP contribution in [0.5, 0.6) is 11.5 Å². The van der Waals surface area contributed by atoms with Gasteiger partial charge in [-0.2, -0.15) is 23.5 Å². The third-order valence-corrected chi connectivity index (χ3v) is 4.33. The van der Waals surface area contributed by atoms with Gasteiger partial charge in [0.25, 0.3) is 17.5 Å². The highest BCUT2D eigenvalue weighted by atomic mass is 35.5. The minimum atomic E-state index is -4.98. The average Bonchev–Trinajstić information content (AvgIpc) is 2.70. The van der Waals surface area contributed by atoms with Crippen LogP contribution >= 0.6 is 11.6 Å². The van der Waals surface area contributed by atoms with Crippen LogP contribution in [0.2, 0.25) is 5.02 Å². The minimum absolute atomic E-state index is 0.0216. The monoisotopic (exact) mass is 472 g/mol. The molecule has 1 N–H and O–H groups in total. The Kier molecular flexibility index (Phi) is 6.31. The van der Waals surface area contributed by atoms with Gasteiger partial charge in [0.05, 0.1) is 18.2 Å². The van der Waals surface area contributed by atoms with E-state index < -0.39 is 47.3 Å². The Balaban J connectivity index is 2.11. The summed E-state index contributed by atoms with van der Waals surface area (Å²) in [6.07, 6.45) is -7.26. The highest BCUT2D eigenvalue weighted by Gasteiger charge is 2.36. The number of rotatable bonds is 5. The number of nitriles is 1. The smallest absolute Gasteiger partial charge is 0.420 e. The molecule has 0 bridgehead atoms. The zero-order chi connectivity index (χ0) is 23.6. The van der Waals surface area contributed by atoms with E-state index in [4.69, 9.17) is 21.6 Å². The van der Waals surface area contributed by atoms with E-state index in [2.05, 4.69) is 5.10 Å². The van der Waals surface area contributed by atoms with E-state index in [-0.39, 0.29) is 21.9 Å². The first-order chi connectivity index (χ1) is 15.0. The molecule has 0 atom stereocenters. The Morgan fingerprint density at radius 2 is 1.94 bits per heavy atom. The van der Waals surface area contributed by atoms with Crippen molar-refractivity contribution in [2.75, 3.05) is 0 Å². The molecule has 0 saturated heterocycles. The fraction of sp³-hybridized carbons (Fsp3) is 0.158. The zero-order valence-electron chi connectivity index (χ0n) is 15.6. The zero-order valence-corrected chi connectivity index (χ0v) is 16.3. The lowest BCUT2D eigenvalue weighted by Crippen LogP contribution is -2.27.